The Kier molecular flexibility index (Phi) is 5.76. The van der Waals surface area contributed by atoms with Gasteiger partial charge in [0.05, 0.1) is 19.1 Å². The number of hydrogen-bond acceptors (Lipinski definition) is 5. The molecule has 0 aliphatic carbocycles. The lowest BCUT2D eigenvalue weighted by molar-refractivity contribution is -0.116. The molecule has 1 aromatic heterocycles. The topological polar surface area (TPSA) is 64.6 Å². The van der Waals surface area contributed by atoms with Gasteiger partial charge in [-0.05, 0) is 43.2 Å². The maximum atomic E-state index is 11.9. The summed E-state index contributed by atoms with van der Waals surface area (Å²) in [4.78, 5) is 25.3. The average molecular weight is 333 g/mol. The second kappa shape index (κ2) is 7.78. The summed E-state index contributed by atoms with van der Waals surface area (Å²) in [6.07, 6.45) is 0.600. The number of methoxy groups -OCH3 is 2. The third kappa shape index (κ3) is 4.32. The molecule has 0 radical (unpaired) electrons. The van der Waals surface area contributed by atoms with Gasteiger partial charge < -0.3 is 14.8 Å². The van der Waals surface area contributed by atoms with Gasteiger partial charge in [-0.1, -0.05) is 6.07 Å². The van der Waals surface area contributed by atoms with Crippen molar-refractivity contribution in [2.45, 2.75) is 13.3 Å². The van der Waals surface area contributed by atoms with Crippen LogP contribution in [0.3, 0.4) is 0 Å². The van der Waals surface area contributed by atoms with Crippen LogP contribution in [0.5, 0.6) is 11.5 Å². The number of ether oxygens (including phenoxy) is 2. The molecule has 1 heterocycles. The monoisotopic (exact) mass is 333 g/mol. The molecule has 0 spiro atoms. The van der Waals surface area contributed by atoms with E-state index < -0.39 is 11.7 Å². The van der Waals surface area contributed by atoms with Crippen molar-refractivity contribution in [3.63, 3.8) is 0 Å². The van der Waals surface area contributed by atoms with Crippen LogP contribution in [0.25, 0.3) is 0 Å². The van der Waals surface area contributed by atoms with Crippen LogP contribution in [0.15, 0.2) is 30.3 Å². The summed E-state index contributed by atoms with van der Waals surface area (Å²) in [6, 6.07) is 9.08. The maximum Gasteiger partial charge on any atom is 0.293 e. The number of thiophene rings is 1. The highest BCUT2D eigenvalue weighted by Gasteiger charge is 2.17. The first-order valence-electron chi connectivity index (χ1n) is 7.15. The van der Waals surface area contributed by atoms with E-state index in [0.717, 1.165) is 10.4 Å². The van der Waals surface area contributed by atoms with Gasteiger partial charge in [-0.25, -0.2) is 0 Å². The van der Waals surface area contributed by atoms with Crippen molar-refractivity contribution in [3.05, 3.63) is 45.6 Å². The molecule has 1 N–H and O–H groups in total. The first kappa shape index (κ1) is 17.0. The second-order valence-electron chi connectivity index (χ2n) is 4.93. The molecule has 0 atom stereocenters. The van der Waals surface area contributed by atoms with Gasteiger partial charge in [0.1, 0.15) is 0 Å². The molecule has 0 saturated heterocycles. The van der Waals surface area contributed by atoms with E-state index in [1.54, 1.807) is 20.3 Å². The Morgan fingerprint density at radius 2 is 1.83 bits per heavy atom. The second-order valence-corrected chi connectivity index (χ2v) is 6.22. The Bertz CT molecular complexity index is 708. The minimum absolute atomic E-state index is 0.379. The van der Waals surface area contributed by atoms with Crippen molar-refractivity contribution < 1.29 is 19.1 Å². The zero-order valence-electron chi connectivity index (χ0n) is 13.3. The van der Waals surface area contributed by atoms with E-state index in [1.165, 1.54) is 11.3 Å². The molecule has 23 heavy (non-hydrogen) atoms. The minimum atomic E-state index is -0.577. The van der Waals surface area contributed by atoms with E-state index in [2.05, 4.69) is 5.32 Å². The predicted octanol–water partition coefficient (Wildman–Crippen LogP) is 2.62. The third-order valence-electron chi connectivity index (χ3n) is 3.32. The summed E-state index contributed by atoms with van der Waals surface area (Å²) in [5.74, 6) is 0.229. The van der Waals surface area contributed by atoms with Crippen LogP contribution in [0.2, 0.25) is 0 Å². The zero-order chi connectivity index (χ0) is 16.8. The van der Waals surface area contributed by atoms with Gasteiger partial charge in [-0.2, -0.15) is 0 Å². The summed E-state index contributed by atoms with van der Waals surface area (Å²) in [5, 5.41) is 2.65. The fraction of sp³-hybridized carbons (Fsp3) is 0.294. The fourth-order valence-electron chi connectivity index (χ4n) is 2.11. The maximum absolute atomic E-state index is 11.9. The number of carbonyl (C=O) groups is 2. The molecule has 122 valence electrons. The van der Waals surface area contributed by atoms with Crippen LogP contribution in [-0.2, 0) is 11.2 Å². The Morgan fingerprint density at radius 1 is 1.09 bits per heavy atom. The van der Waals surface area contributed by atoms with Gasteiger partial charge >= 0.3 is 0 Å². The average Bonchev–Trinajstić information content (AvgIpc) is 3.00. The fourth-order valence-corrected chi connectivity index (χ4v) is 2.91. The van der Waals surface area contributed by atoms with Crippen molar-refractivity contribution in [3.8, 4) is 11.5 Å². The molecular weight excluding hydrogens is 314 g/mol. The molecule has 0 bridgehead atoms. The van der Waals surface area contributed by atoms with Crippen LogP contribution in [0.4, 0.5) is 0 Å². The largest absolute Gasteiger partial charge is 0.493 e. The SMILES string of the molecule is COc1ccc(CCNC(=O)C(=O)c2ccc(C)s2)cc1OC. The highest BCUT2D eigenvalue weighted by Crippen LogP contribution is 2.27. The van der Waals surface area contributed by atoms with Gasteiger partial charge in [0.2, 0.25) is 0 Å². The lowest BCUT2D eigenvalue weighted by atomic mass is 10.1. The molecule has 0 saturated carbocycles. The first-order chi connectivity index (χ1) is 11.0. The number of hydrogen-bond donors (Lipinski definition) is 1. The van der Waals surface area contributed by atoms with Crippen molar-refractivity contribution >= 4 is 23.0 Å². The van der Waals surface area contributed by atoms with E-state index in [9.17, 15) is 9.59 Å². The van der Waals surface area contributed by atoms with E-state index in [1.807, 2.05) is 31.2 Å². The Labute approximate surface area is 139 Å². The van der Waals surface area contributed by atoms with Crippen molar-refractivity contribution in [2.24, 2.45) is 0 Å². The van der Waals surface area contributed by atoms with Crippen LogP contribution >= 0.6 is 11.3 Å². The van der Waals surface area contributed by atoms with Crippen molar-refractivity contribution in [2.75, 3.05) is 20.8 Å². The molecule has 0 fully saturated rings. The van der Waals surface area contributed by atoms with Gasteiger partial charge in [0.25, 0.3) is 11.7 Å². The zero-order valence-corrected chi connectivity index (χ0v) is 14.2. The highest BCUT2D eigenvalue weighted by molar-refractivity contribution is 7.14. The number of carbonyl (C=O) groups excluding carboxylic acids is 2. The van der Waals surface area contributed by atoms with Gasteiger partial charge in [-0.3, -0.25) is 9.59 Å². The third-order valence-corrected chi connectivity index (χ3v) is 4.32. The number of Topliss-reactive ketones (excluding diaryl/α,β-unsaturated/α-hetero) is 1. The highest BCUT2D eigenvalue weighted by atomic mass is 32.1. The van der Waals surface area contributed by atoms with Crippen LogP contribution in [0, 0.1) is 6.92 Å². The smallest absolute Gasteiger partial charge is 0.293 e. The number of aryl methyl sites for hydroxylation is 1. The molecule has 1 amide bonds. The molecule has 1 aromatic carbocycles. The van der Waals surface area contributed by atoms with Crippen LogP contribution in [0.1, 0.15) is 20.1 Å². The number of rotatable bonds is 7. The normalized spacial score (nSPS) is 10.2. The summed E-state index contributed by atoms with van der Waals surface area (Å²) in [7, 11) is 3.15. The molecule has 2 aromatic rings. The molecule has 0 aliphatic heterocycles. The molecule has 0 aliphatic rings. The number of amides is 1. The van der Waals surface area contributed by atoms with Gasteiger partial charge in [0, 0.05) is 11.4 Å². The Morgan fingerprint density at radius 3 is 2.43 bits per heavy atom. The molecule has 6 heteroatoms. The van der Waals surface area contributed by atoms with Gasteiger partial charge in [0.15, 0.2) is 11.5 Å². The summed E-state index contributed by atoms with van der Waals surface area (Å²) < 4.78 is 10.4. The number of benzene rings is 1. The lowest BCUT2D eigenvalue weighted by Crippen LogP contribution is -2.32. The lowest BCUT2D eigenvalue weighted by Gasteiger charge is -2.09. The van der Waals surface area contributed by atoms with Crippen molar-refractivity contribution in [1.82, 2.24) is 5.32 Å². The Hall–Kier alpha value is -2.34. The standard InChI is InChI=1S/C17H19NO4S/c1-11-4-7-15(23-11)16(19)17(20)18-9-8-12-5-6-13(21-2)14(10-12)22-3/h4-7,10H,8-9H2,1-3H3,(H,18,20). The summed E-state index contributed by atoms with van der Waals surface area (Å²) in [5.41, 5.74) is 0.988. The predicted molar refractivity (Wildman–Crippen MR) is 89.6 cm³/mol. The first-order valence-corrected chi connectivity index (χ1v) is 7.96. The van der Waals surface area contributed by atoms with Gasteiger partial charge in [-0.15, -0.1) is 11.3 Å². The summed E-state index contributed by atoms with van der Waals surface area (Å²) in [6.45, 7) is 2.28. The van der Waals surface area contributed by atoms with E-state index in [4.69, 9.17) is 9.47 Å². The quantitative estimate of drug-likeness (QED) is 0.625. The van der Waals surface area contributed by atoms with E-state index >= 15 is 0 Å². The molecule has 0 unspecified atom stereocenters. The number of nitrogens with one attached hydrogen (secondary N) is 1. The molecule has 2 rings (SSSR count). The minimum Gasteiger partial charge on any atom is -0.493 e. The molecule has 5 nitrogen and oxygen atoms in total. The Balaban J connectivity index is 1.89. The van der Waals surface area contributed by atoms with E-state index in [-0.39, 0.29) is 0 Å². The number of ketones is 1. The van der Waals surface area contributed by atoms with E-state index in [0.29, 0.717) is 29.3 Å². The van der Waals surface area contributed by atoms with Crippen LogP contribution in [-0.4, -0.2) is 32.5 Å². The molecular formula is C17H19NO4S. The van der Waals surface area contributed by atoms with Crippen LogP contribution < -0.4 is 14.8 Å². The summed E-state index contributed by atoms with van der Waals surface area (Å²) >= 11 is 1.32. The van der Waals surface area contributed by atoms with Crippen molar-refractivity contribution in [1.29, 1.82) is 0 Å².